The molecule has 0 aliphatic rings. The predicted octanol–water partition coefficient (Wildman–Crippen LogP) is 3.50. The van der Waals surface area contributed by atoms with Crippen molar-refractivity contribution in [1.29, 1.82) is 0 Å². The van der Waals surface area contributed by atoms with Crippen LogP contribution >= 0.6 is 22.9 Å². The van der Waals surface area contributed by atoms with E-state index in [9.17, 15) is 0 Å². The first-order valence-corrected chi connectivity index (χ1v) is 5.99. The number of rotatable bonds is 4. The molecule has 1 N–H and O–H groups in total. The summed E-state index contributed by atoms with van der Waals surface area (Å²) < 4.78 is 5.10. The van der Waals surface area contributed by atoms with Crippen LogP contribution in [0.5, 0.6) is 0 Å². The van der Waals surface area contributed by atoms with Crippen molar-refractivity contribution in [3.05, 3.63) is 45.5 Å². The van der Waals surface area contributed by atoms with Gasteiger partial charge in [-0.2, -0.15) is 0 Å². The maximum Gasteiger partial charge on any atom is 0.197 e. The van der Waals surface area contributed by atoms with E-state index >= 15 is 0 Å². The van der Waals surface area contributed by atoms with Gasteiger partial charge in [-0.3, -0.25) is 0 Å². The molecule has 80 valence electrons. The molecule has 2 heterocycles. The number of nitrogens with one attached hydrogen (secondary N) is 1. The van der Waals surface area contributed by atoms with Crippen molar-refractivity contribution >= 4 is 22.9 Å². The highest BCUT2D eigenvalue weighted by Crippen LogP contribution is 2.27. The summed E-state index contributed by atoms with van der Waals surface area (Å²) in [7, 11) is 1.93. The number of thiophene rings is 1. The third-order valence-corrected chi connectivity index (χ3v) is 3.56. The molecule has 0 amide bonds. The van der Waals surface area contributed by atoms with E-state index in [1.54, 1.807) is 17.6 Å². The first kappa shape index (κ1) is 10.7. The van der Waals surface area contributed by atoms with Gasteiger partial charge in [0.2, 0.25) is 0 Å². The van der Waals surface area contributed by atoms with E-state index in [0.29, 0.717) is 5.22 Å². The Morgan fingerprint density at radius 3 is 2.93 bits per heavy atom. The maximum atomic E-state index is 5.95. The Morgan fingerprint density at radius 2 is 2.40 bits per heavy atom. The number of furan rings is 1. The van der Waals surface area contributed by atoms with Crippen LogP contribution in [0.2, 0.25) is 5.22 Å². The van der Waals surface area contributed by atoms with Crippen LogP contribution in [0.25, 0.3) is 0 Å². The van der Waals surface area contributed by atoms with Gasteiger partial charge in [-0.05, 0) is 36.2 Å². The van der Waals surface area contributed by atoms with E-state index in [1.165, 1.54) is 4.88 Å². The van der Waals surface area contributed by atoms with Crippen molar-refractivity contribution in [2.45, 2.75) is 12.5 Å². The van der Waals surface area contributed by atoms with E-state index < -0.39 is 0 Å². The molecular formula is C11H12ClNOS. The molecule has 15 heavy (non-hydrogen) atoms. The second-order valence-electron chi connectivity index (χ2n) is 3.27. The van der Waals surface area contributed by atoms with Gasteiger partial charge in [0.05, 0.1) is 6.26 Å². The SMILES string of the molecule is CNC(Cc1cccs1)c1ccoc1Cl. The summed E-state index contributed by atoms with van der Waals surface area (Å²) in [6.45, 7) is 0. The fraction of sp³-hybridized carbons (Fsp3) is 0.273. The lowest BCUT2D eigenvalue weighted by molar-refractivity contribution is 0.545. The Hall–Kier alpha value is -0.770. The second-order valence-corrected chi connectivity index (χ2v) is 4.65. The van der Waals surface area contributed by atoms with Crippen LogP contribution in [0.1, 0.15) is 16.5 Å². The fourth-order valence-corrected chi connectivity index (χ4v) is 2.55. The van der Waals surface area contributed by atoms with Crippen LogP contribution < -0.4 is 5.32 Å². The summed E-state index contributed by atoms with van der Waals surface area (Å²) in [5.41, 5.74) is 1.02. The van der Waals surface area contributed by atoms with Crippen LogP contribution in [0.3, 0.4) is 0 Å². The summed E-state index contributed by atoms with van der Waals surface area (Å²) in [6.07, 6.45) is 2.56. The van der Waals surface area contributed by atoms with E-state index in [1.807, 2.05) is 13.1 Å². The highest BCUT2D eigenvalue weighted by molar-refractivity contribution is 7.09. The van der Waals surface area contributed by atoms with Crippen molar-refractivity contribution in [1.82, 2.24) is 5.32 Å². The van der Waals surface area contributed by atoms with Gasteiger partial charge in [-0.1, -0.05) is 6.07 Å². The summed E-state index contributed by atoms with van der Waals surface area (Å²) in [5.74, 6) is 0. The second kappa shape index (κ2) is 4.84. The molecule has 0 saturated heterocycles. The first-order valence-electron chi connectivity index (χ1n) is 4.74. The molecule has 0 aliphatic heterocycles. The Bertz CT molecular complexity index is 410. The first-order chi connectivity index (χ1) is 7.31. The lowest BCUT2D eigenvalue weighted by Crippen LogP contribution is -2.18. The summed E-state index contributed by atoms with van der Waals surface area (Å²) in [5, 5.41) is 5.81. The number of hydrogen-bond acceptors (Lipinski definition) is 3. The van der Waals surface area contributed by atoms with Crippen molar-refractivity contribution in [2.24, 2.45) is 0 Å². The Morgan fingerprint density at radius 1 is 1.53 bits per heavy atom. The molecule has 1 atom stereocenters. The molecule has 0 saturated carbocycles. The Balaban J connectivity index is 2.15. The zero-order valence-corrected chi connectivity index (χ0v) is 9.94. The molecule has 2 rings (SSSR count). The number of hydrogen-bond donors (Lipinski definition) is 1. The van der Waals surface area contributed by atoms with Crippen molar-refractivity contribution < 1.29 is 4.42 Å². The molecular weight excluding hydrogens is 230 g/mol. The minimum atomic E-state index is 0.218. The average molecular weight is 242 g/mol. The third kappa shape index (κ3) is 2.43. The molecule has 2 aromatic rings. The molecule has 2 nitrogen and oxygen atoms in total. The van der Waals surface area contributed by atoms with E-state index in [-0.39, 0.29) is 6.04 Å². The van der Waals surface area contributed by atoms with Gasteiger partial charge in [0, 0.05) is 22.9 Å². The van der Waals surface area contributed by atoms with E-state index in [2.05, 4.69) is 22.8 Å². The minimum absolute atomic E-state index is 0.218. The normalized spacial score (nSPS) is 12.9. The highest BCUT2D eigenvalue weighted by Gasteiger charge is 2.15. The van der Waals surface area contributed by atoms with Crippen molar-refractivity contribution in [2.75, 3.05) is 7.05 Å². The lowest BCUT2D eigenvalue weighted by Gasteiger charge is -2.13. The average Bonchev–Trinajstić information content (AvgIpc) is 2.85. The van der Waals surface area contributed by atoms with E-state index in [4.69, 9.17) is 16.0 Å². The van der Waals surface area contributed by atoms with Gasteiger partial charge >= 0.3 is 0 Å². The quantitative estimate of drug-likeness (QED) is 0.887. The maximum absolute atomic E-state index is 5.95. The van der Waals surface area contributed by atoms with Crippen LogP contribution in [0.15, 0.2) is 34.3 Å². The smallest absolute Gasteiger partial charge is 0.197 e. The Kier molecular flexibility index (Phi) is 3.46. The summed E-state index contributed by atoms with van der Waals surface area (Å²) >= 11 is 7.71. The highest BCUT2D eigenvalue weighted by atomic mass is 35.5. The van der Waals surface area contributed by atoms with Gasteiger partial charge in [-0.15, -0.1) is 11.3 Å². The van der Waals surface area contributed by atoms with Gasteiger partial charge < -0.3 is 9.73 Å². The molecule has 0 aromatic carbocycles. The molecule has 1 unspecified atom stereocenters. The topological polar surface area (TPSA) is 25.2 Å². The monoisotopic (exact) mass is 241 g/mol. The minimum Gasteiger partial charge on any atom is -0.453 e. The zero-order chi connectivity index (χ0) is 10.7. The van der Waals surface area contributed by atoms with Gasteiger partial charge in [-0.25, -0.2) is 0 Å². The third-order valence-electron chi connectivity index (χ3n) is 2.36. The van der Waals surface area contributed by atoms with Crippen molar-refractivity contribution in [3.8, 4) is 0 Å². The van der Waals surface area contributed by atoms with Gasteiger partial charge in [0.25, 0.3) is 0 Å². The van der Waals surface area contributed by atoms with E-state index in [0.717, 1.165) is 12.0 Å². The molecule has 0 bridgehead atoms. The van der Waals surface area contributed by atoms with Crippen LogP contribution in [0, 0.1) is 0 Å². The van der Waals surface area contributed by atoms with Crippen LogP contribution in [0.4, 0.5) is 0 Å². The number of halogens is 1. The zero-order valence-electron chi connectivity index (χ0n) is 8.37. The molecule has 0 spiro atoms. The summed E-state index contributed by atoms with van der Waals surface area (Å²) in [4.78, 5) is 1.34. The number of likely N-dealkylation sites (N-methyl/N-ethyl adjacent to an activating group) is 1. The largest absolute Gasteiger partial charge is 0.453 e. The molecule has 0 fully saturated rings. The van der Waals surface area contributed by atoms with Gasteiger partial charge in [0.15, 0.2) is 5.22 Å². The van der Waals surface area contributed by atoms with Crippen molar-refractivity contribution in [3.63, 3.8) is 0 Å². The lowest BCUT2D eigenvalue weighted by atomic mass is 10.1. The molecule has 2 aromatic heterocycles. The van der Waals surface area contributed by atoms with Crippen LogP contribution in [-0.4, -0.2) is 7.05 Å². The predicted molar refractivity (Wildman–Crippen MR) is 63.5 cm³/mol. The standard InChI is InChI=1S/C11H12ClNOS/c1-13-10(7-8-3-2-6-15-8)9-4-5-14-11(9)12/h2-6,10,13H,7H2,1H3. The molecule has 4 heteroatoms. The summed E-state index contributed by atoms with van der Waals surface area (Å²) in [6, 6.07) is 6.32. The molecule has 0 radical (unpaired) electrons. The molecule has 0 aliphatic carbocycles. The van der Waals surface area contributed by atoms with Crippen LogP contribution in [-0.2, 0) is 6.42 Å². The van der Waals surface area contributed by atoms with Gasteiger partial charge in [0.1, 0.15) is 0 Å². The fourth-order valence-electron chi connectivity index (χ4n) is 1.55. The Labute approximate surface area is 97.9 Å².